The summed E-state index contributed by atoms with van der Waals surface area (Å²) < 4.78 is 4.97. The number of methoxy groups -OCH3 is 1. The summed E-state index contributed by atoms with van der Waals surface area (Å²) in [4.78, 5) is 4.45. The van der Waals surface area contributed by atoms with Crippen molar-refractivity contribution in [2.24, 2.45) is 16.6 Å². The van der Waals surface area contributed by atoms with Gasteiger partial charge in [0.25, 0.3) is 0 Å². The highest BCUT2D eigenvalue weighted by Gasteiger charge is 2.21. The van der Waals surface area contributed by atoms with Gasteiger partial charge in [0.2, 0.25) is 0 Å². The average molecular weight is 417 g/mol. The summed E-state index contributed by atoms with van der Waals surface area (Å²) in [5.74, 6) is 1.94. The molecule has 1 aliphatic carbocycles. The molecule has 3 N–H and O–H groups in total. The quantitative estimate of drug-likeness (QED) is 0.324. The lowest BCUT2D eigenvalue weighted by Gasteiger charge is -2.28. The minimum absolute atomic E-state index is 0. The molecule has 0 spiro atoms. The molecule has 0 heterocycles. The Kier molecular flexibility index (Phi) is 9.47. The number of guanidine groups is 1. The van der Waals surface area contributed by atoms with Gasteiger partial charge in [-0.1, -0.05) is 30.3 Å². The molecule has 0 saturated heterocycles. The second kappa shape index (κ2) is 10.8. The van der Waals surface area contributed by atoms with Crippen molar-refractivity contribution in [3.63, 3.8) is 0 Å². The molecule has 1 aliphatic rings. The molecule has 4 nitrogen and oxygen atoms in total. The van der Waals surface area contributed by atoms with Gasteiger partial charge in [0.1, 0.15) is 0 Å². The maximum atomic E-state index is 5.83. The third kappa shape index (κ3) is 6.52. The Balaban J connectivity index is 0.00000242. The highest BCUT2D eigenvalue weighted by molar-refractivity contribution is 14.0. The van der Waals surface area contributed by atoms with Crippen LogP contribution in [0.2, 0.25) is 0 Å². The second-order valence-electron chi connectivity index (χ2n) is 5.77. The van der Waals surface area contributed by atoms with Gasteiger partial charge >= 0.3 is 0 Å². The highest BCUT2D eigenvalue weighted by atomic mass is 127. The fourth-order valence-electron chi connectivity index (χ4n) is 2.97. The van der Waals surface area contributed by atoms with Gasteiger partial charge in [0, 0.05) is 20.2 Å². The first-order valence-electron chi connectivity index (χ1n) is 7.87. The van der Waals surface area contributed by atoms with Crippen molar-refractivity contribution in [3.8, 4) is 0 Å². The molecule has 0 aromatic heterocycles. The minimum atomic E-state index is 0. The topological polar surface area (TPSA) is 59.6 Å². The molecule has 1 fully saturated rings. The average Bonchev–Trinajstić information content (AvgIpc) is 2.54. The van der Waals surface area contributed by atoms with Crippen molar-refractivity contribution < 1.29 is 4.74 Å². The molecule has 2 rings (SSSR count). The van der Waals surface area contributed by atoms with Crippen molar-refractivity contribution in [2.75, 3.05) is 26.8 Å². The molecule has 0 atom stereocenters. The monoisotopic (exact) mass is 417 g/mol. The zero-order chi connectivity index (χ0) is 14.9. The van der Waals surface area contributed by atoms with E-state index in [-0.39, 0.29) is 24.0 Å². The van der Waals surface area contributed by atoms with E-state index in [1.54, 1.807) is 7.11 Å². The number of hydrogen-bond donors (Lipinski definition) is 2. The molecule has 0 amide bonds. The Bertz CT molecular complexity index is 431. The predicted molar refractivity (Wildman–Crippen MR) is 103 cm³/mol. The van der Waals surface area contributed by atoms with Crippen LogP contribution in [0.4, 0.5) is 0 Å². The van der Waals surface area contributed by atoms with Crippen LogP contribution in [0.1, 0.15) is 37.2 Å². The minimum Gasteiger partial charge on any atom is -0.383 e. The number of halogens is 1. The standard InChI is InChI=1S/C17H27N3O.HI/c1-21-12-11-19-17(18)20-13-14-7-9-16(10-8-14)15-5-3-2-4-6-15;/h2-6,14,16H,7-13H2,1H3,(H3,18,19,20);1H. The Morgan fingerprint density at radius 3 is 2.55 bits per heavy atom. The van der Waals surface area contributed by atoms with Crippen molar-refractivity contribution in [2.45, 2.75) is 31.6 Å². The number of nitrogens with one attached hydrogen (secondary N) is 1. The highest BCUT2D eigenvalue weighted by Crippen LogP contribution is 2.35. The third-order valence-corrected chi connectivity index (χ3v) is 4.25. The molecule has 0 bridgehead atoms. The van der Waals surface area contributed by atoms with Crippen LogP contribution >= 0.6 is 24.0 Å². The summed E-state index contributed by atoms with van der Waals surface area (Å²) in [6.07, 6.45) is 5.02. The van der Waals surface area contributed by atoms with Crippen molar-refractivity contribution in [1.29, 1.82) is 0 Å². The fraction of sp³-hybridized carbons (Fsp3) is 0.588. The van der Waals surface area contributed by atoms with Gasteiger partial charge in [-0.25, -0.2) is 0 Å². The van der Waals surface area contributed by atoms with Gasteiger partial charge in [-0.3, -0.25) is 4.99 Å². The first-order chi connectivity index (χ1) is 10.3. The Hall–Kier alpha value is -0.820. The smallest absolute Gasteiger partial charge is 0.188 e. The zero-order valence-electron chi connectivity index (χ0n) is 13.3. The van der Waals surface area contributed by atoms with Crippen LogP contribution in [-0.2, 0) is 4.74 Å². The van der Waals surface area contributed by atoms with Crippen LogP contribution in [0.3, 0.4) is 0 Å². The van der Waals surface area contributed by atoms with E-state index >= 15 is 0 Å². The lowest BCUT2D eigenvalue weighted by atomic mass is 9.79. The Morgan fingerprint density at radius 1 is 1.23 bits per heavy atom. The molecular weight excluding hydrogens is 389 g/mol. The number of rotatable bonds is 6. The maximum Gasteiger partial charge on any atom is 0.188 e. The molecule has 0 radical (unpaired) electrons. The van der Waals surface area contributed by atoms with Crippen LogP contribution < -0.4 is 11.1 Å². The van der Waals surface area contributed by atoms with E-state index in [0.29, 0.717) is 25.0 Å². The van der Waals surface area contributed by atoms with E-state index < -0.39 is 0 Å². The molecule has 5 heteroatoms. The van der Waals surface area contributed by atoms with E-state index in [1.165, 1.54) is 31.2 Å². The number of nitrogens with zero attached hydrogens (tertiary/aromatic N) is 1. The summed E-state index contributed by atoms with van der Waals surface area (Å²) in [6.45, 7) is 2.21. The number of aliphatic imine (C=N–C) groups is 1. The maximum absolute atomic E-state index is 5.83. The Labute approximate surface area is 150 Å². The fourth-order valence-corrected chi connectivity index (χ4v) is 2.97. The van der Waals surface area contributed by atoms with Crippen molar-refractivity contribution in [3.05, 3.63) is 35.9 Å². The summed E-state index contributed by atoms with van der Waals surface area (Å²) in [7, 11) is 1.68. The molecule has 0 aliphatic heterocycles. The van der Waals surface area contributed by atoms with E-state index in [1.807, 2.05) is 0 Å². The Morgan fingerprint density at radius 2 is 1.91 bits per heavy atom. The van der Waals surface area contributed by atoms with Crippen molar-refractivity contribution >= 4 is 29.9 Å². The predicted octanol–water partition coefficient (Wildman–Crippen LogP) is 3.13. The SMILES string of the molecule is COCCNC(N)=NCC1CCC(c2ccccc2)CC1.I. The van der Waals surface area contributed by atoms with Gasteiger partial charge < -0.3 is 15.8 Å². The molecule has 124 valence electrons. The molecule has 1 saturated carbocycles. The van der Waals surface area contributed by atoms with Crippen LogP contribution in [0.15, 0.2) is 35.3 Å². The largest absolute Gasteiger partial charge is 0.383 e. The van der Waals surface area contributed by atoms with E-state index in [4.69, 9.17) is 10.5 Å². The normalized spacial score (nSPS) is 22.0. The number of hydrogen-bond acceptors (Lipinski definition) is 2. The van der Waals surface area contributed by atoms with Crippen LogP contribution in [0.25, 0.3) is 0 Å². The van der Waals surface area contributed by atoms with Gasteiger partial charge in [0.05, 0.1) is 6.61 Å². The lowest BCUT2D eigenvalue weighted by Crippen LogP contribution is -2.34. The summed E-state index contributed by atoms with van der Waals surface area (Å²) >= 11 is 0. The van der Waals surface area contributed by atoms with E-state index in [0.717, 1.165) is 12.5 Å². The van der Waals surface area contributed by atoms with Gasteiger partial charge in [-0.05, 0) is 43.1 Å². The van der Waals surface area contributed by atoms with E-state index in [9.17, 15) is 0 Å². The third-order valence-electron chi connectivity index (χ3n) is 4.25. The van der Waals surface area contributed by atoms with Gasteiger partial charge in [0.15, 0.2) is 5.96 Å². The van der Waals surface area contributed by atoms with Crippen LogP contribution in [-0.4, -0.2) is 32.8 Å². The first-order valence-corrected chi connectivity index (χ1v) is 7.87. The number of benzene rings is 1. The summed E-state index contributed by atoms with van der Waals surface area (Å²) in [5, 5.41) is 3.06. The summed E-state index contributed by atoms with van der Waals surface area (Å²) in [5.41, 5.74) is 7.32. The first kappa shape index (κ1) is 19.2. The lowest BCUT2D eigenvalue weighted by molar-refractivity contribution is 0.204. The molecule has 1 aromatic carbocycles. The second-order valence-corrected chi connectivity index (χ2v) is 5.77. The zero-order valence-corrected chi connectivity index (χ0v) is 15.7. The van der Waals surface area contributed by atoms with Gasteiger partial charge in [-0.2, -0.15) is 0 Å². The number of ether oxygens (including phenoxy) is 1. The molecule has 22 heavy (non-hydrogen) atoms. The number of nitrogens with two attached hydrogens (primary N) is 1. The van der Waals surface area contributed by atoms with Gasteiger partial charge in [-0.15, -0.1) is 24.0 Å². The van der Waals surface area contributed by atoms with Crippen LogP contribution in [0, 0.1) is 5.92 Å². The molecule has 0 unspecified atom stereocenters. The van der Waals surface area contributed by atoms with Crippen LogP contribution in [0.5, 0.6) is 0 Å². The molecular formula is C17H28IN3O. The molecule has 1 aromatic rings. The van der Waals surface area contributed by atoms with E-state index in [2.05, 4.69) is 40.6 Å². The van der Waals surface area contributed by atoms with Crippen molar-refractivity contribution in [1.82, 2.24) is 5.32 Å². The summed E-state index contributed by atoms with van der Waals surface area (Å²) in [6, 6.07) is 10.9.